The zero-order chi connectivity index (χ0) is 18.0. The molecule has 0 unspecified atom stereocenters. The SMILES string of the molecule is Cc1nc(C2(NC(=O)/C=C/c3c(C)nn(C)c3Cl)CCCCC2)no1. The van der Waals surface area contributed by atoms with Crippen molar-refractivity contribution >= 4 is 23.6 Å². The molecule has 0 aromatic carbocycles. The van der Waals surface area contributed by atoms with Crippen LogP contribution < -0.4 is 5.32 Å². The standard InChI is InChI=1S/C17H22ClN5O2/c1-11-13(15(18)23(3)21-11)7-8-14(24)20-17(9-5-4-6-10-17)16-19-12(2)25-22-16/h7-8H,4-6,9-10H2,1-3H3,(H,20,24)/b8-7+. The van der Waals surface area contributed by atoms with E-state index in [0.717, 1.165) is 43.4 Å². The zero-order valence-electron chi connectivity index (χ0n) is 14.7. The minimum atomic E-state index is -0.564. The third-order valence-electron chi connectivity index (χ3n) is 4.62. The number of carbonyl (C=O) groups is 1. The van der Waals surface area contributed by atoms with Gasteiger partial charge in [0.2, 0.25) is 11.8 Å². The molecule has 1 fully saturated rings. The second-order valence-electron chi connectivity index (χ2n) is 6.52. The molecule has 134 valence electrons. The first-order valence-corrected chi connectivity index (χ1v) is 8.79. The van der Waals surface area contributed by atoms with Crippen molar-refractivity contribution < 1.29 is 9.32 Å². The third kappa shape index (κ3) is 3.61. The predicted molar refractivity (Wildman–Crippen MR) is 93.9 cm³/mol. The van der Waals surface area contributed by atoms with Crippen molar-refractivity contribution in [3.8, 4) is 0 Å². The van der Waals surface area contributed by atoms with Gasteiger partial charge in [-0.3, -0.25) is 9.48 Å². The number of hydrogen-bond donors (Lipinski definition) is 1. The molecule has 1 amide bonds. The van der Waals surface area contributed by atoms with E-state index in [0.29, 0.717) is 16.9 Å². The minimum absolute atomic E-state index is 0.205. The van der Waals surface area contributed by atoms with Gasteiger partial charge in [0, 0.05) is 25.6 Å². The van der Waals surface area contributed by atoms with Gasteiger partial charge in [-0.1, -0.05) is 36.0 Å². The monoisotopic (exact) mass is 363 g/mol. The normalized spacial score (nSPS) is 17.1. The highest BCUT2D eigenvalue weighted by Crippen LogP contribution is 2.35. The second kappa shape index (κ2) is 7.00. The van der Waals surface area contributed by atoms with Crippen molar-refractivity contribution in [2.75, 3.05) is 0 Å². The van der Waals surface area contributed by atoms with E-state index in [1.165, 1.54) is 6.08 Å². The second-order valence-corrected chi connectivity index (χ2v) is 6.87. The molecule has 7 nitrogen and oxygen atoms in total. The van der Waals surface area contributed by atoms with Crippen LogP contribution in [-0.4, -0.2) is 25.8 Å². The molecule has 1 N–H and O–H groups in total. The summed E-state index contributed by atoms with van der Waals surface area (Å²) < 4.78 is 6.71. The Labute approximate surface area is 151 Å². The number of amides is 1. The van der Waals surface area contributed by atoms with Gasteiger partial charge in [-0.15, -0.1) is 0 Å². The van der Waals surface area contributed by atoms with Gasteiger partial charge >= 0.3 is 0 Å². The van der Waals surface area contributed by atoms with Crippen LogP contribution >= 0.6 is 11.6 Å². The van der Waals surface area contributed by atoms with E-state index in [2.05, 4.69) is 20.6 Å². The summed E-state index contributed by atoms with van der Waals surface area (Å²) in [7, 11) is 1.77. The summed E-state index contributed by atoms with van der Waals surface area (Å²) in [6.07, 6.45) is 7.97. The molecule has 25 heavy (non-hydrogen) atoms. The van der Waals surface area contributed by atoms with Crippen LogP contribution in [-0.2, 0) is 17.4 Å². The maximum absolute atomic E-state index is 12.5. The molecule has 1 aliphatic carbocycles. The van der Waals surface area contributed by atoms with Crippen LogP contribution in [0.2, 0.25) is 5.15 Å². The first kappa shape index (κ1) is 17.7. The quantitative estimate of drug-likeness (QED) is 0.843. The van der Waals surface area contributed by atoms with Crippen molar-refractivity contribution in [2.24, 2.45) is 7.05 Å². The first-order chi connectivity index (χ1) is 11.9. The molecule has 0 radical (unpaired) electrons. The van der Waals surface area contributed by atoms with E-state index < -0.39 is 5.54 Å². The average Bonchev–Trinajstić information content (AvgIpc) is 3.11. The first-order valence-electron chi connectivity index (χ1n) is 8.41. The lowest BCUT2D eigenvalue weighted by Gasteiger charge is -2.34. The molecular formula is C17H22ClN5O2. The number of halogens is 1. The van der Waals surface area contributed by atoms with E-state index in [9.17, 15) is 4.79 Å². The van der Waals surface area contributed by atoms with Gasteiger partial charge in [0.1, 0.15) is 10.7 Å². The van der Waals surface area contributed by atoms with E-state index in [4.69, 9.17) is 16.1 Å². The number of hydrogen-bond acceptors (Lipinski definition) is 5. The smallest absolute Gasteiger partial charge is 0.244 e. The topological polar surface area (TPSA) is 85.8 Å². The molecule has 2 aromatic heterocycles. The van der Waals surface area contributed by atoms with E-state index in [1.54, 1.807) is 24.7 Å². The lowest BCUT2D eigenvalue weighted by molar-refractivity contribution is -0.119. The molecule has 8 heteroatoms. The molecular weight excluding hydrogens is 342 g/mol. The summed E-state index contributed by atoms with van der Waals surface area (Å²) in [5.74, 6) is 0.855. The van der Waals surface area contributed by atoms with Crippen LogP contribution in [0.4, 0.5) is 0 Å². The summed E-state index contributed by atoms with van der Waals surface area (Å²) in [4.78, 5) is 16.9. The Balaban J connectivity index is 1.80. The summed E-state index contributed by atoms with van der Waals surface area (Å²) >= 11 is 6.20. The summed E-state index contributed by atoms with van der Waals surface area (Å²) in [6, 6.07) is 0. The fraction of sp³-hybridized carbons (Fsp3) is 0.529. The van der Waals surface area contributed by atoms with Gasteiger partial charge in [-0.2, -0.15) is 10.1 Å². The van der Waals surface area contributed by atoms with E-state index >= 15 is 0 Å². The molecule has 2 heterocycles. The Morgan fingerprint density at radius 3 is 2.60 bits per heavy atom. The van der Waals surface area contributed by atoms with Gasteiger partial charge in [0.15, 0.2) is 5.82 Å². The summed E-state index contributed by atoms with van der Waals surface area (Å²) in [6.45, 7) is 3.61. The zero-order valence-corrected chi connectivity index (χ0v) is 15.4. The predicted octanol–water partition coefficient (Wildman–Crippen LogP) is 3.06. The molecule has 1 aliphatic rings. The Hall–Kier alpha value is -2.15. The average molecular weight is 364 g/mol. The number of aromatic nitrogens is 4. The summed E-state index contributed by atoms with van der Waals surface area (Å²) in [5.41, 5.74) is 0.954. The van der Waals surface area contributed by atoms with Crippen molar-refractivity contribution in [2.45, 2.75) is 51.5 Å². The van der Waals surface area contributed by atoms with Gasteiger partial charge in [0.05, 0.1) is 5.69 Å². The molecule has 0 saturated heterocycles. The van der Waals surface area contributed by atoms with Crippen molar-refractivity contribution in [3.63, 3.8) is 0 Å². The lowest BCUT2D eigenvalue weighted by Crippen LogP contribution is -2.47. The van der Waals surface area contributed by atoms with Gasteiger partial charge in [0.25, 0.3) is 0 Å². The molecule has 0 bridgehead atoms. The van der Waals surface area contributed by atoms with Gasteiger partial charge in [-0.05, 0) is 25.8 Å². The minimum Gasteiger partial charge on any atom is -0.340 e. The Kier molecular flexibility index (Phi) is 4.94. The molecule has 3 rings (SSSR count). The Bertz CT molecular complexity index is 802. The van der Waals surface area contributed by atoms with Crippen LogP contribution in [0.25, 0.3) is 6.08 Å². The highest BCUT2D eigenvalue weighted by molar-refractivity contribution is 6.31. The molecule has 0 aliphatic heterocycles. The summed E-state index contributed by atoms with van der Waals surface area (Å²) in [5, 5.41) is 11.9. The molecule has 1 saturated carbocycles. The van der Waals surface area contributed by atoms with Crippen molar-refractivity contribution in [1.29, 1.82) is 0 Å². The maximum atomic E-state index is 12.5. The molecule has 2 aromatic rings. The van der Waals surface area contributed by atoms with Crippen molar-refractivity contribution in [3.05, 3.63) is 34.2 Å². The van der Waals surface area contributed by atoms with Crippen LogP contribution in [0.5, 0.6) is 0 Å². The van der Waals surface area contributed by atoms with Crippen LogP contribution in [0, 0.1) is 13.8 Å². The largest absolute Gasteiger partial charge is 0.340 e. The van der Waals surface area contributed by atoms with Crippen molar-refractivity contribution in [1.82, 2.24) is 25.2 Å². The number of nitrogens with zero attached hydrogens (tertiary/aromatic N) is 4. The van der Waals surface area contributed by atoms with Crippen LogP contribution in [0.3, 0.4) is 0 Å². The highest BCUT2D eigenvalue weighted by atomic mass is 35.5. The number of carbonyl (C=O) groups excluding carboxylic acids is 1. The fourth-order valence-corrected chi connectivity index (χ4v) is 3.56. The fourth-order valence-electron chi connectivity index (χ4n) is 3.33. The third-order valence-corrected chi connectivity index (χ3v) is 5.07. The lowest BCUT2D eigenvalue weighted by atomic mass is 9.81. The van der Waals surface area contributed by atoms with Crippen LogP contribution in [0.1, 0.15) is 55.1 Å². The molecule has 0 atom stereocenters. The molecule has 0 spiro atoms. The highest BCUT2D eigenvalue weighted by Gasteiger charge is 2.39. The van der Waals surface area contributed by atoms with Gasteiger partial charge in [-0.25, -0.2) is 0 Å². The van der Waals surface area contributed by atoms with Gasteiger partial charge < -0.3 is 9.84 Å². The van der Waals surface area contributed by atoms with Crippen LogP contribution in [0.15, 0.2) is 10.6 Å². The number of rotatable bonds is 4. The van der Waals surface area contributed by atoms with E-state index in [1.807, 2.05) is 6.92 Å². The number of aryl methyl sites for hydroxylation is 3. The Morgan fingerprint density at radius 1 is 1.32 bits per heavy atom. The van der Waals surface area contributed by atoms with E-state index in [-0.39, 0.29) is 5.91 Å². The number of nitrogens with one attached hydrogen (secondary N) is 1. The maximum Gasteiger partial charge on any atom is 0.244 e. The Morgan fingerprint density at radius 2 is 2.04 bits per heavy atom.